The van der Waals surface area contributed by atoms with Crippen LogP contribution in [0, 0.1) is 6.92 Å². The summed E-state index contributed by atoms with van der Waals surface area (Å²) in [5.41, 5.74) is 2.35. The third-order valence-corrected chi connectivity index (χ3v) is 4.49. The van der Waals surface area contributed by atoms with E-state index in [1.807, 2.05) is 31.2 Å². The largest absolute Gasteiger partial charge is 0.372 e. The maximum absolute atomic E-state index is 12.5. The highest BCUT2D eigenvalue weighted by Crippen LogP contribution is 2.12. The smallest absolute Gasteiger partial charge is 0.270 e. The third kappa shape index (κ3) is 4.34. The Morgan fingerprint density at radius 3 is 2.70 bits per heavy atom. The summed E-state index contributed by atoms with van der Waals surface area (Å²) in [6, 6.07) is 13.8. The number of carbonyl (C=O) groups excluding carboxylic acids is 1. The molecule has 140 valence electrons. The minimum absolute atomic E-state index is 0.0634. The van der Waals surface area contributed by atoms with Gasteiger partial charge in [-0.3, -0.25) is 14.0 Å². The number of aromatic nitrogens is 2. The molecule has 0 bridgehead atoms. The second-order valence-corrected chi connectivity index (χ2v) is 6.44. The number of anilines is 1. The molecule has 3 aromatic rings. The Labute approximate surface area is 158 Å². The molecule has 27 heavy (non-hydrogen) atoms. The van der Waals surface area contributed by atoms with Crippen LogP contribution in [0.1, 0.15) is 29.3 Å². The molecule has 2 heterocycles. The number of fused-ring (bicyclic) bond motifs is 1. The van der Waals surface area contributed by atoms with Crippen molar-refractivity contribution in [3.63, 3.8) is 0 Å². The van der Waals surface area contributed by atoms with Crippen molar-refractivity contribution in [1.82, 2.24) is 14.7 Å². The second-order valence-electron chi connectivity index (χ2n) is 6.44. The Hall–Kier alpha value is -3.15. The summed E-state index contributed by atoms with van der Waals surface area (Å²) in [6.07, 6.45) is 3.83. The summed E-state index contributed by atoms with van der Waals surface area (Å²) in [5.74, 6) is -0.383. The Bertz CT molecular complexity index is 982. The normalized spacial score (nSPS) is 10.7. The zero-order valence-electron chi connectivity index (χ0n) is 15.7. The maximum Gasteiger partial charge on any atom is 0.270 e. The van der Waals surface area contributed by atoms with Gasteiger partial charge in [-0.15, -0.1) is 0 Å². The Kier molecular flexibility index (Phi) is 5.86. The van der Waals surface area contributed by atoms with E-state index >= 15 is 0 Å². The first-order valence-corrected chi connectivity index (χ1v) is 9.16. The van der Waals surface area contributed by atoms with Crippen LogP contribution in [0.15, 0.2) is 59.7 Å². The molecule has 2 aromatic heterocycles. The van der Waals surface area contributed by atoms with E-state index in [1.165, 1.54) is 16.3 Å². The van der Waals surface area contributed by atoms with Crippen LogP contribution in [0.4, 0.5) is 5.69 Å². The average Bonchev–Trinajstić information content (AvgIpc) is 2.69. The molecule has 0 saturated carbocycles. The summed E-state index contributed by atoms with van der Waals surface area (Å²) < 4.78 is 1.42. The van der Waals surface area contributed by atoms with Gasteiger partial charge in [-0.05, 0) is 44.0 Å². The highest BCUT2D eigenvalue weighted by atomic mass is 16.2. The number of hydrogen-bond acceptors (Lipinski definition) is 4. The zero-order valence-corrected chi connectivity index (χ0v) is 15.7. The van der Waals surface area contributed by atoms with Gasteiger partial charge in [0.25, 0.3) is 11.5 Å². The predicted octanol–water partition coefficient (Wildman–Crippen LogP) is 2.65. The lowest BCUT2D eigenvalue weighted by molar-refractivity contribution is 0.0951. The van der Waals surface area contributed by atoms with Gasteiger partial charge in [-0.1, -0.05) is 24.3 Å². The van der Waals surface area contributed by atoms with Gasteiger partial charge in [0, 0.05) is 37.7 Å². The molecule has 0 unspecified atom stereocenters. The standard InChI is InChI=1S/C21H24N4O2/c1-3-24(17-8-5-4-6-9-17)13-7-12-22-20(26)18-14-23-19-11-10-16(2)15-25(19)21(18)27/h4-6,8-11,14-15H,3,7,12-13H2,1-2H3,(H,22,26). The number of amides is 1. The first-order chi connectivity index (χ1) is 13.1. The van der Waals surface area contributed by atoms with Gasteiger partial charge in [0.1, 0.15) is 11.2 Å². The molecule has 6 nitrogen and oxygen atoms in total. The van der Waals surface area contributed by atoms with Crippen molar-refractivity contribution in [3.8, 4) is 0 Å². The van der Waals surface area contributed by atoms with E-state index in [4.69, 9.17) is 0 Å². The number of rotatable bonds is 7. The van der Waals surface area contributed by atoms with Gasteiger partial charge >= 0.3 is 0 Å². The molecule has 0 saturated heterocycles. The fourth-order valence-corrected chi connectivity index (χ4v) is 3.01. The lowest BCUT2D eigenvalue weighted by Gasteiger charge is -2.23. The summed E-state index contributed by atoms with van der Waals surface area (Å²) in [6.45, 7) is 6.22. The van der Waals surface area contributed by atoms with Gasteiger partial charge in [0.15, 0.2) is 0 Å². The first kappa shape index (κ1) is 18.6. The summed E-state index contributed by atoms with van der Waals surface area (Å²) in [5, 5.41) is 2.83. The highest BCUT2D eigenvalue weighted by molar-refractivity contribution is 5.93. The molecule has 0 fully saturated rings. The fraction of sp³-hybridized carbons (Fsp3) is 0.286. The lowest BCUT2D eigenvalue weighted by atomic mass is 10.2. The number of aryl methyl sites for hydroxylation is 1. The maximum atomic E-state index is 12.5. The minimum atomic E-state index is -0.383. The minimum Gasteiger partial charge on any atom is -0.372 e. The van der Waals surface area contributed by atoms with Crippen LogP contribution in [-0.2, 0) is 0 Å². The van der Waals surface area contributed by atoms with Crippen LogP contribution in [0.5, 0.6) is 0 Å². The Balaban J connectivity index is 1.60. The third-order valence-electron chi connectivity index (χ3n) is 4.49. The molecule has 0 radical (unpaired) electrons. The highest BCUT2D eigenvalue weighted by Gasteiger charge is 2.13. The zero-order chi connectivity index (χ0) is 19.2. The summed E-state index contributed by atoms with van der Waals surface area (Å²) in [4.78, 5) is 31.4. The van der Waals surface area contributed by atoms with Crippen LogP contribution in [0.3, 0.4) is 0 Å². The molecule has 0 aliphatic carbocycles. The van der Waals surface area contributed by atoms with Crippen LogP contribution < -0.4 is 15.8 Å². The molecule has 1 N–H and O–H groups in total. The van der Waals surface area contributed by atoms with Gasteiger partial charge in [0.2, 0.25) is 0 Å². The van der Waals surface area contributed by atoms with E-state index in [2.05, 4.69) is 34.3 Å². The lowest BCUT2D eigenvalue weighted by Crippen LogP contribution is -2.34. The molecule has 0 spiro atoms. The Morgan fingerprint density at radius 2 is 1.96 bits per heavy atom. The van der Waals surface area contributed by atoms with Crippen molar-refractivity contribution < 1.29 is 4.79 Å². The number of hydrogen-bond donors (Lipinski definition) is 1. The molecule has 1 aromatic carbocycles. The van der Waals surface area contributed by atoms with Crippen molar-refractivity contribution in [2.45, 2.75) is 20.3 Å². The van der Waals surface area contributed by atoms with Crippen LogP contribution in [0.2, 0.25) is 0 Å². The quantitative estimate of drug-likeness (QED) is 0.655. The van der Waals surface area contributed by atoms with Gasteiger partial charge < -0.3 is 10.2 Å². The number of nitrogens with zero attached hydrogens (tertiary/aromatic N) is 3. The molecular weight excluding hydrogens is 340 g/mol. The molecule has 0 aliphatic rings. The number of pyridine rings is 1. The summed E-state index contributed by atoms with van der Waals surface area (Å²) >= 11 is 0. The van der Waals surface area contributed by atoms with E-state index in [0.29, 0.717) is 12.2 Å². The van der Waals surface area contributed by atoms with E-state index < -0.39 is 0 Å². The predicted molar refractivity (Wildman–Crippen MR) is 107 cm³/mol. The Morgan fingerprint density at radius 1 is 1.19 bits per heavy atom. The molecular formula is C21H24N4O2. The SMILES string of the molecule is CCN(CCCNC(=O)c1cnc2ccc(C)cn2c1=O)c1ccccc1. The molecule has 0 aliphatic heterocycles. The number of carbonyl (C=O) groups is 1. The monoisotopic (exact) mass is 364 g/mol. The number of benzene rings is 1. The van der Waals surface area contributed by atoms with Crippen LogP contribution >= 0.6 is 0 Å². The molecule has 1 amide bonds. The van der Waals surface area contributed by atoms with Gasteiger partial charge in [-0.25, -0.2) is 4.98 Å². The average molecular weight is 364 g/mol. The number of para-hydroxylation sites is 1. The molecule has 6 heteroatoms. The van der Waals surface area contributed by atoms with Crippen LogP contribution in [-0.4, -0.2) is 34.9 Å². The van der Waals surface area contributed by atoms with E-state index in [-0.39, 0.29) is 17.0 Å². The van der Waals surface area contributed by atoms with Crippen molar-refractivity contribution in [3.05, 3.63) is 76.3 Å². The molecule has 3 rings (SSSR count). The fourth-order valence-electron chi connectivity index (χ4n) is 3.01. The second kappa shape index (κ2) is 8.49. The van der Waals surface area contributed by atoms with Crippen LogP contribution in [0.25, 0.3) is 5.65 Å². The van der Waals surface area contributed by atoms with Crippen molar-refractivity contribution in [1.29, 1.82) is 0 Å². The first-order valence-electron chi connectivity index (χ1n) is 9.16. The van der Waals surface area contributed by atoms with Gasteiger partial charge in [0.05, 0.1) is 0 Å². The van der Waals surface area contributed by atoms with Crippen molar-refractivity contribution in [2.75, 3.05) is 24.5 Å². The van der Waals surface area contributed by atoms with Crippen molar-refractivity contribution >= 4 is 17.2 Å². The van der Waals surface area contributed by atoms with Crippen molar-refractivity contribution in [2.24, 2.45) is 0 Å². The van der Waals surface area contributed by atoms with E-state index in [9.17, 15) is 9.59 Å². The topological polar surface area (TPSA) is 66.7 Å². The molecule has 0 atom stereocenters. The van der Waals surface area contributed by atoms with E-state index in [1.54, 1.807) is 12.3 Å². The number of nitrogens with one attached hydrogen (secondary N) is 1. The summed E-state index contributed by atoms with van der Waals surface area (Å²) in [7, 11) is 0. The van der Waals surface area contributed by atoms with E-state index in [0.717, 1.165) is 25.1 Å². The van der Waals surface area contributed by atoms with Gasteiger partial charge in [-0.2, -0.15) is 0 Å².